The van der Waals surface area contributed by atoms with Crippen LogP contribution in [0.3, 0.4) is 0 Å². The van der Waals surface area contributed by atoms with E-state index in [1.165, 1.54) is 5.57 Å². The summed E-state index contributed by atoms with van der Waals surface area (Å²) in [6, 6.07) is 0. The molecule has 0 saturated heterocycles. The molecule has 0 amide bonds. The first kappa shape index (κ1) is 14.4. The fourth-order valence-electron chi connectivity index (χ4n) is 1.29. The monoisotopic (exact) mass is 228 g/mol. The number of halogens is 1. The summed E-state index contributed by atoms with van der Waals surface area (Å²) in [5.41, 5.74) is 2.19. The van der Waals surface area contributed by atoms with E-state index in [4.69, 9.17) is 11.6 Å². The lowest BCUT2D eigenvalue weighted by molar-refractivity contribution is -0.117. The lowest BCUT2D eigenvalue weighted by atomic mass is 10.0. The molecule has 0 aliphatic rings. The van der Waals surface area contributed by atoms with Crippen molar-refractivity contribution in [1.29, 1.82) is 0 Å². The maximum atomic E-state index is 10.7. The highest BCUT2D eigenvalue weighted by Crippen LogP contribution is 2.19. The lowest BCUT2D eigenvalue weighted by Gasteiger charge is -2.10. The van der Waals surface area contributed by atoms with Crippen LogP contribution in [0.25, 0.3) is 0 Å². The van der Waals surface area contributed by atoms with Crippen molar-refractivity contribution in [2.45, 2.75) is 51.3 Å². The van der Waals surface area contributed by atoms with E-state index in [2.05, 4.69) is 13.2 Å². The van der Waals surface area contributed by atoms with E-state index < -0.39 is 0 Å². The highest BCUT2D eigenvalue weighted by atomic mass is 35.5. The van der Waals surface area contributed by atoms with Gasteiger partial charge in [0.1, 0.15) is 5.78 Å². The Labute approximate surface area is 98.2 Å². The smallest absolute Gasteiger partial charge is 0.129 e. The summed E-state index contributed by atoms with van der Waals surface area (Å²) in [5.74, 6) is 0.250. The molecule has 0 spiro atoms. The van der Waals surface area contributed by atoms with Gasteiger partial charge in [0.25, 0.3) is 0 Å². The molecular weight excluding hydrogens is 208 g/mol. The highest BCUT2D eigenvalue weighted by Gasteiger charge is 2.05. The standard InChI is InChI=1S/C13H21ClO/c1-10(2)13(14)9-8-11(3)6-5-7-12(4)15/h13H,1,3,5-9H2,2,4H3. The molecule has 15 heavy (non-hydrogen) atoms. The van der Waals surface area contributed by atoms with Crippen molar-refractivity contribution in [3.63, 3.8) is 0 Å². The minimum Gasteiger partial charge on any atom is -0.300 e. The van der Waals surface area contributed by atoms with Gasteiger partial charge >= 0.3 is 0 Å². The van der Waals surface area contributed by atoms with E-state index in [1.807, 2.05) is 6.92 Å². The molecule has 0 aromatic rings. The molecule has 0 fully saturated rings. The average molecular weight is 229 g/mol. The van der Waals surface area contributed by atoms with Crippen LogP contribution < -0.4 is 0 Å². The number of carbonyl (C=O) groups excluding carboxylic acids is 1. The SMILES string of the molecule is C=C(CCCC(C)=O)CCC(Cl)C(=C)C. The van der Waals surface area contributed by atoms with Crippen molar-refractivity contribution < 1.29 is 4.79 Å². The number of hydrogen-bond donors (Lipinski definition) is 0. The predicted molar refractivity (Wildman–Crippen MR) is 67.4 cm³/mol. The zero-order valence-electron chi connectivity index (χ0n) is 9.81. The van der Waals surface area contributed by atoms with Gasteiger partial charge in [0.05, 0.1) is 5.38 Å². The first-order chi connectivity index (χ1) is 6.93. The van der Waals surface area contributed by atoms with Crippen molar-refractivity contribution in [1.82, 2.24) is 0 Å². The van der Waals surface area contributed by atoms with Crippen LogP contribution in [0, 0.1) is 0 Å². The van der Waals surface area contributed by atoms with E-state index in [-0.39, 0.29) is 11.2 Å². The Bertz CT molecular complexity index is 243. The second kappa shape index (κ2) is 7.70. The molecule has 0 aromatic heterocycles. The average Bonchev–Trinajstić information content (AvgIpc) is 2.13. The molecule has 0 radical (unpaired) electrons. The summed E-state index contributed by atoms with van der Waals surface area (Å²) in [6.45, 7) is 11.4. The Morgan fingerprint density at radius 3 is 2.27 bits per heavy atom. The zero-order chi connectivity index (χ0) is 11.8. The number of allylic oxidation sites excluding steroid dienone is 2. The Hall–Kier alpha value is -0.560. The second-order valence-electron chi connectivity index (χ2n) is 4.16. The summed E-state index contributed by atoms with van der Waals surface area (Å²) in [6.07, 6.45) is 4.33. The molecule has 0 aliphatic carbocycles. The van der Waals surface area contributed by atoms with Crippen LogP contribution in [-0.4, -0.2) is 11.2 Å². The first-order valence-corrected chi connectivity index (χ1v) is 5.82. The maximum Gasteiger partial charge on any atom is 0.129 e. The van der Waals surface area contributed by atoms with E-state index in [0.717, 1.165) is 31.3 Å². The van der Waals surface area contributed by atoms with Gasteiger partial charge in [-0.05, 0) is 39.5 Å². The lowest BCUT2D eigenvalue weighted by Crippen LogP contribution is -2.00. The molecule has 0 aliphatic heterocycles. The number of carbonyl (C=O) groups is 1. The van der Waals surface area contributed by atoms with Gasteiger partial charge in [-0.3, -0.25) is 0 Å². The Morgan fingerprint density at radius 1 is 1.20 bits per heavy atom. The summed E-state index contributed by atoms with van der Waals surface area (Å²) in [7, 11) is 0. The zero-order valence-corrected chi connectivity index (χ0v) is 10.6. The Kier molecular flexibility index (Phi) is 7.41. The molecule has 0 rings (SSSR count). The molecular formula is C13H21ClO. The van der Waals surface area contributed by atoms with Crippen LogP contribution in [0.4, 0.5) is 0 Å². The van der Waals surface area contributed by atoms with E-state index in [1.54, 1.807) is 6.92 Å². The van der Waals surface area contributed by atoms with Crippen LogP contribution in [0.5, 0.6) is 0 Å². The normalized spacial score (nSPS) is 12.2. The van der Waals surface area contributed by atoms with Gasteiger partial charge in [0, 0.05) is 6.42 Å². The summed E-state index contributed by atoms with van der Waals surface area (Å²) in [4.78, 5) is 10.7. The summed E-state index contributed by atoms with van der Waals surface area (Å²) >= 11 is 6.05. The topological polar surface area (TPSA) is 17.1 Å². The third-order valence-corrected chi connectivity index (χ3v) is 2.94. The number of alkyl halides is 1. The molecule has 1 nitrogen and oxygen atoms in total. The van der Waals surface area contributed by atoms with E-state index in [9.17, 15) is 4.79 Å². The minimum absolute atomic E-state index is 0.0505. The van der Waals surface area contributed by atoms with Gasteiger partial charge in [0.2, 0.25) is 0 Å². The molecule has 0 aromatic carbocycles. The number of Topliss-reactive ketones (excluding diaryl/α,β-unsaturated/α-hetero) is 1. The van der Waals surface area contributed by atoms with E-state index in [0.29, 0.717) is 6.42 Å². The fourth-order valence-corrected chi connectivity index (χ4v) is 1.40. The number of hydrogen-bond acceptors (Lipinski definition) is 1. The Balaban J connectivity index is 3.57. The van der Waals surface area contributed by atoms with Crippen molar-refractivity contribution in [3.05, 3.63) is 24.3 Å². The third-order valence-electron chi connectivity index (χ3n) is 2.35. The third kappa shape index (κ3) is 8.44. The molecule has 0 N–H and O–H groups in total. The molecule has 0 heterocycles. The quantitative estimate of drug-likeness (QED) is 0.448. The molecule has 0 bridgehead atoms. The molecule has 0 saturated carbocycles. The molecule has 2 heteroatoms. The minimum atomic E-state index is 0.0505. The maximum absolute atomic E-state index is 10.7. The highest BCUT2D eigenvalue weighted by molar-refractivity contribution is 6.22. The predicted octanol–water partition coefficient (Wildman–Crippen LogP) is 4.27. The van der Waals surface area contributed by atoms with Crippen LogP contribution in [0.15, 0.2) is 24.3 Å². The Morgan fingerprint density at radius 2 is 1.80 bits per heavy atom. The van der Waals surface area contributed by atoms with Gasteiger partial charge in [0.15, 0.2) is 0 Å². The van der Waals surface area contributed by atoms with Crippen LogP contribution in [0.1, 0.15) is 46.0 Å². The van der Waals surface area contributed by atoms with Crippen molar-refractivity contribution in [2.75, 3.05) is 0 Å². The molecule has 1 unspecified atom stereocenters. The van der Waals surface area contributed by atoms with Gasteiger partial charge in [-0.25, -0.2) is 0 Å². The number of ketones is 1. The fraction of sp³-hybridized carbons (Fsp3) is 0.615. The van der Waals surface area contributed by atoms with Crippen molar-refractivity contribution in [2.24, 2.45) is 0 Å². The largest absolute Gasteiger partial charge is 0.300 e. The summed E-state index contributed by atoms with van der Waals surface area (Å²) in [5, 5.41) is 0.0505. The van der Waals surface area contributed by atoms with Crippen molar-refractivity contribution in [3.8, 4) is 0 Å². The molecule has 1 atom stereocenters. The van der Waals surface area contributed by atoms with Crippen LogP contribution in [0.2, 0.25) is 0 Å². The van der Waals surface area contributed by atoms with Gasteiger partial charge < -0.3 is 4.79 Å². The van der Waals surface area contributed by atoms with Gasteiger partial charge in [-0.2, -0.15) is 0 Å². The van der Waals surface area contributed by atoms with Gasteiger partial charge in [-0.15, -0.1) is 11.6 Å². The van der Waals surface area contributed by atoms with Crippen LogP contribution >= 0.6 is 11.6 Å². The van der Waals surface area contributed by atoms with E-state index >= 15 is 0 Å². The first-order valence-electron chi connectivity index (χ1n) is 5.39. The summed E-state index contributed by atoms with van der Waals surface area (Å²) < 4.78 is 0. The second-order valence-corrected chi connectivity index (χ2v) is 4.68. The molecule has 86 valence electrons. The van der Waals surface area contributed by atoms with Gasteiger partial charge in [-0.1, -0.05) is 24.3 Å². The van der Waals surface area contributed by atoms with Crippen LogP contribution in [-0.2, 0) is 4.79 Å². The number of rotatable bonds is 8. The van der Waals surface area contributed by atoms with Crippen molar-refractivity contribution >= 4 is 17.4 Å².